The first-order chi connectivity index (χ1) is 6.72. The van der Waals surface area contributed by atoms with E-state index in [0.29, 0.717) is 6.54 Å². The summed E-state index contributed by atoms with van der Waals surface area (Å²) in [6.45, 7) is 1.55. The van der Waals surface area contributed by atoms with E-state index in [1.807, 2.05) is 19.2 Å². The number of hydrogen-bond acceptors (Lipinski definition) is 4. The molecule has 14 heavy (non-hydrogen) atoms. The number of likely N-dealkylation sites (N-methyl/N-ethyl adjacent to an activating group) is 1. The van der Waals surface area contributed by atoms with Gasteiger partial charge in [0.2, 0.25) is 0 Å². The van der Waals surface area contributed by atoms with Crippen LogP contribution in [0.5, 0.6) is 0 Å². The van der Waals surface area contributed by atoms with Crippen LogP contribution in [0.25, 0.3) is 0 Å². The molecule has 1 aromatic heterocycles. The van der Waals surface area contributed by atoms with Crippen molar-refractivity contribution in [2.24, 2.45) is 5.73 Å². The average molecular weight is 195 g/mol. The van der Waals surface area contributed by atoms with Crippen LogP contribution in [0.1, 0.15) is 5.56 Å². The van der Waals surface area contributed by atoms with Crippen LogP contribution in [-0.4, -0.2) is 41.2 Å². The quantitative estimate of drug-likeness (QED) is 0.685. The Bertz CT molecular complexity index is 253. The third kappa shape index (κ3) is 3.83. The monoisotopic (exact) mass is 195 g/mol. The van der Waals surface area contributed by atoms with E-state index in [-0.39, 0.29) is 12.6 Å². The fourth-order valence-electron chi connectivity index (χ4n) is 1.32. The highest BCUT2D eigenvalue weighted by atomic mass is 16.3. The zero-order chi connectivity index (χ0) is 10.4. The Kier molecular flexibility index (Phi) is 4.52. The molecule has 0 aromatic carbocycles. The molecule has 0 saturated carbocycles. The molecular weight excluding hydrogens is 178 g/mol. The number of aliphatic hydroxyl groups is 1. The molecule has 4 heteroatoms. The highest BCUT2D eigenvalue weighted by molar-refractivity contribution is 5.09. The lowest BCUT2D eigenvalue weighted by molar-refractivity contribution is 0.218. The lowest BCUT2D eigenvalue weighted by Gasteiger charge is -2.19. The summed E-state index contributed by atoms with van der Waals surface area (Å²) < 4.78 is 0. The van der Waals surface area contributed by atoms with Crippen molar-refractivity contribution in [3.63, 3.8) is 0 Å². The maximum atomic E-state index is 8.79. The number of pyridine rings is 1. The number of aromatic nitrogens is 1. The van der Waals surface area contributed by atoms with Gasteiger partial charge >= 0.3 is 0 Å². The second kappa shape index (κ2) is 5.70. The summed E-state index contributed by atoms with van der Waals surface area (Å²) >= 11 is 0. The molecule has 3 N–H and O–H groups in total. The second-order valence-electron chi connectivity index (χ2n) is 3.49. The van der Waals surface area contributed by atoms with Crippen LogP contribution < -0.4 is 5.73 Å². The van der Waals surface area contributed by atoms with Crippen molar-refractivity contribution in [1.82, 2.24) is 9.88 Å². The van der Waals surface area contributed by atoms with E-state index in [1.165, 1.54) is 5.56 Å². The van der Waals surface area contributed by atoms with E-state index in [2.05, 4.69) is 9.88 Å². The van der Waals surface area contributed by atoms with Crippen molar-refractivity contribution in [3.05, 3.63) is 30.1 Å². The minimum atomic E-state index is -0.165. The van der Waals surface area contributed by atoms with Crippen LogP contribution in [0.15, 0.2) is 24.5 Å². The Morgan fingerprint density at radius 2 is 2.14 bits per heavy atom. The third-order valence-electron chi connectivity index (χ3n) is 1.98. The van der Waals surface area contributed by atoms with E-state index in [0.717, 1.165) is 6.54 Å². The van der Waals surface area contributed by atoms with Gasteiger partial charge < -0.3 is 15.7 Å². The highest BCUT2D eigenvalue weighted by Crippen LogP contribution is 2.00. The normalized spacial score (nSPS) is 13.1. The summed E-state index contributed by atoms with van der Waals surface area (Å²) in [7, 11) is 1.98. The van der Waals surface area contributed by atoms with Crippen molar-refractivity contribution in [1.29, 1.82) is 0 Å². The average Bonchev–Trinajstić information content (AvgIpc) is 2.19. The molecular formula is C10H17N3O. The van der Waals surface area contributed by atoms with Gasteiger partial charge in [-0.1, -0.05) is 0 Å². The minimum absolute atomic E-state index is 0.0285. The molecule has 1 rings (SSSR count). The predicted molar refractivity (Wildman–Crippen MR) is 55.6 cm³/mol. The summed E-state index contributed by atoms with van der Waals surface area (Å²) in [4.78, 5) is 6.03. The van der Waals surface area contributed by atoms with E-state index >= 15 is 0 Å². The Balaban J connectivity index is 2.37. The van der Waals surface area contributed by atoms with Crippen LogP contribution in [0.3, 0.4) is 0 Å². The lowest BCUT2D eigenvalue weighted by atomic mass is 10.2. The highest BCUT2D eigenvalue weighted by Gasteiger charge is 2.05. The largest absolute Gasteiger partial charge is 0.395 e. The molecule has 0 aliphatic heterocycles. The van der Waals surface area contributed by atoms with Gasteiger partial charge in [0.15, 0.2) is 0 Å². The van der Waals surface area contributed by atoms with Crippen LogP contribution in [-0.2, 0) is 6.54 Å². The Morgan fingerprint density at radius 1 is 1.50 bits per heavy atom. The van der Waals surface area contributed by atoms with Crippen LogP contribution >= 0.6 is 0 Å². The molecule has 0 aliphatic rings. The summed E-state index contributed by atoms with van der Waals surface area (Å²) in [5.41, 5.74) is 6.83. The molecule has 1 aromatic rings. The van der Waals surface area contributed by atoms with Gasteiger partial charge in [-0.2, -0.15) is 0 Å². The summed E-state index contributed by atoms with van der Waals surface area (Å²) in [6.07, 6.45) is 3.55. The van der Waals surface area contributed by atoms with Crippen LogP contribution in [0.2, 0.25) is 0 Å². The summed E-state index contributed by atoms with van der Waals surface area (Å²) in [5, 5.41) is 8.79. The first kappa shape index (κ1) is 11.1. The van der Waals surface area contributed by atoms with Crippen molar-refractivity contribution in [2.45, 2.75) is 12.6 Å². The number of nitrogens with zero attached hydrogens (tertiary/aromatic N) is 2. The fourth-order valence-corrected chi connectivity index (χ4v) is 1.32. The SMILES string of the molecule is CN(Cc1ccncc1)CC(N)CO. The van der Waals surface area contributed by atoms with E-state index in [9.17, 15) is 0 Å². The summed E-state index contributed by atoms with van der Waals surface area (Å²) in [5.74, 6) is 0. The Labute approximate surface area is 84.4 Å². The zero-order valence-electron chi connectivity index (χ0n) is 8.43. The van der Waals surface area contributed by atoms with E-state index in [1.54, 1.807) is 12.4 Å². The zero-order valence-corrected chi connectivity index (χ0v) is 8.43. The van der Waals surface area contributed by atoms with Gasteiger partial charge in [-0.05, 0) is 24.7 Å². The van der Waals surface area contributed by atoms with Gasteiger partial charge in [0.25, 0.3) is 0 Å². The van der Waals surface area contributed by atoms with Crippen LogP contribution in [0.4, 0.5) is 0 Å². The van der Waals surface area contributed by atoms with Gasteiger partial charge in [0, 0.05) is 31.5 Å². The topological polar surface area (TPSA) is 62.4 Å². The van der Waals surface area contributed by atoms with Gasteiger partial charge in [-0.15, -0.1) is 0 Å². The molecule has 78 valence electrons. The van der Waals surface area contributed by atoms with Crippen molar-refractivity contribution < 1.29 is 5.11 Å². The molecule has 0 amide bonds. The van der Waals surface area contributed by atoms with Crippen LogP contribution in [0, 0.1) is 0 Å². The molecule has 0 radical (unpaired) electrons. The first-order valence-electron chi connectivity index (χ1n) is 4.66. The molecule has 1 heterocycles. The maximum absolute atomic E-state index is 8.79. The van der Waals surface area contributed by atoms with E-state index in [4.69, 9.17) is 10.8 Å². The standard InChI is InChI=1S/C10H17N3O/c1-13(7-10(11)8-14)6-9-2-4-12-5-3-9/h2-5,10,14H,6-8,11H2,1H3. The third-order valence-corrected chi connectivity index (χ3v) is 1.98. The van der Waals surface area contributed by atoms with Gasteiger partial charge in [-0.3, -0.25) is 4.98 Å². The smallest absolute Gasteiger partial charge is 0.0595 e. The summed E-state index contributed by atoms with van der Waals surface area (Å²) in [6, 6.07) is 3.78. The lowest BCUT2D eigenvalue weighted by Crippen LogP contribution is -2.37. The molecule has 1 atom stereocenters. The molecule has 0 saturated heterocycles. The molecule has 4 nitrogen and oxygen atoms in total. The van der Waals surface area contributed by atoms with Crippen molar-refractivity contribution in [3.8, 4) is 0 Å². The molecule has 0 spiro atoms. The number of hydrogen-bond donors (Lipinski definition) is 2. The maximum Gasteiger partial charge on any atom is 0.0595 e. The number of aliphatic hydroxyl groups excluding tert-OH is 1. The van der Waals surface area contributed by atoms with E-state index < -0.39 is 0 Å². The first-order valence-corrected chi connectivity index (χ1v) is 4.66. The Morgan fingerprint density at radius 3 is 2.71 bits per heavy atom. The molecule has 0 fully saturated rings. The van der Waals surface area contributed by atoms with Crippen molar-refractivity contribution in [2.75, 3.05) is 20.2 Å². The fraction of sp³-hybridized carbons (Fsp3) is 0.500. The van der Waals surface area contributed by atoms with Crippen molar-refractivity contribution >= 4 is 0 Å². The number of nitrogens with two attached hydrogens (primary N) is 1. The minimum Gasteiger partial charge on any atom is -0.395 e. The molecule has 1 unspecified atom stereocenters. The predicted octanol–water partition coefficient (Wildman–Crippen LogP) is -0.167. The van der Waals surface area contributed by atoms with Gasteiger partial charge in [0.1, 0.15) is 0 Å². The second-order valence-corrected chi connectivity index (χ2v) is 3.49. The number of rotatable bonds is 5. The van der Waals surface area contributed by atoms with Gasteiger partial charge in [0.05, 0.1) is 6.61 Å². The Hall–Kier alpha value is -0.970. The molecule has 0 aliphatic carbocycles. The van der Waals surface area contributed by atoms with Gasteiger partial charge in [-0.25, -0.2) is 0 Å². The molecule has 0 bridgehead atoms.